The van der Waals surface area contributed by atoms with Crippen LogP contribution in [-0.4, -0.2) is 24.7 Å². The molecule has 0 heterocycles. The molecule has 0 aliphatic rings. The third-order valence-electron chi connectivity index (χ3n) is 3.58. The van der Waals surface area contributed by atoms with Crippen molar-refractivity contribution in [3.63, 3.8) is 0 Å². The zero-order chi connectivity index (χ0) is 17.3. The molecule has 0 radical (unpaired) electrons. The minimum absolute atomic E-state index is 0.145. The molecule has 0 saturated carbocycles. The molecule has 0 fully saturated rings. The number of anilines is 1. The topological polar surface area (TPSA) is 50.4 Å². The Hall–Kier alpha value is -1.62. The molecule has 0 amide bonds. The fourth-order valence-electron chi connectivity index (χ4n) is 2.10. The molecule has 2 N–H and O–H groups in total. The van der Waals surface area contributed by atoms with E-state index in [9.17, 15) is 4.79 Å². The smallest absolute Gasteiger partial charge is 0.305 e. The highest BCUT2D eigenvalue weighted by atomic mass is 32.1. The number of esters is 1. The average molecular weight is 337 g/mol. The van der Waals surface area contributed by atoms with E-state index in [1.54, 1.807) is 0 Å². The summed E-state index contributed by atoms with van der Waals surface area (Å²) < 4.78 is 4.61. The maximum Gasteiger partial charge on any atom is 0.305 e. The quantitative estimate of drug-likeness (QED) is 0.448. The molecule has 5 heteroatoms. The third-order valence-corrected chi connectivity index (χ3v) is 3.83. The van der Waals surface area contributed by atoms with E-state index < -0.39 is 0 Å². The van der Waals surface area contributed by atoms with Gasteiger partial charge in [-0.1, -0.05) is 39.3 Å². The predicted molar refractivity (Wildman–Crippen MR) is 99.8 cm³/mol. The van der Waals surface area contributed by atoms with Crippen molar-refractivity contribution in [2.75, 3.05) is 19.0 Å². The molecule has 0 unspecified atom stereocenters. The Balaban J connectivity index is 2.23. The number of thiocarbonyl (C=S) groups is 1. The van der Waals surface area contributed by atoms with Crippen LogP contribution in [0.5, 0.6) is 0 Å². The standard InChI is InChI=1S/C18H28N2O2S/c1-18(2,3)14-9-11-15(12-10-14)20-17(23)19-13-7-5-6-8-16(21)22-4/h9-12H,5-8,13H2,1-4H3,(H2,19,20,23). The molecule has 0 aliphatic heterocycles. The van der Waals surface area contributed by atoms with E-state index in [-0.39, 0.29) is 11.4 Å². The van der Waals surface area contributed by atoms with Crippen LogP contribution in [0.4, 0.5) is 5.69 Å². The van der Waals surface area contributed by atoms with Crippen LogP contribution in [0.3, 0.4) is 0 Å². The Morgan fingerprint density at radius 3 is 2.35 bits per heavy atom. The number of carbonyl (C=O) groups is 1. The zero-order valence-corrected chi connectivity index (χ0v) is 15.4. The molecule has 4 nitrogen and oxygen atoms in total. The van der Waals surface area contributed by atoms with Crippen LogP contribution in [0, 0.1) is 0 Å². The number of rotatable bonds is 7. The van der Waals surface area contributed by atoms with Crippen molar-refractivity contribution >= 4 is 29.0 Å². The van der Waals surface area contributed by atoms with Gasteiger partial charge in [0.2, 0.25) is 0 Å². The Morgan fingerprint density at radius 2 is 1.78 bits per heavy atom. The lowest BCUT2D eigenvalue weighted by molar-refractivity contribution is -0.140. The summed E-state index contributed by atoms with van der Waals surface area (Å²) in [5, 5.41) is 6.99. The van der Waals surface area contributed by atoms with Crippen molar-refractivity contribution in [3.05, 3.63) is 29.8 Å². The van der Waals surface area contributed by atoms with Gasteiger partial charge < -0.3 is 15.4 Å². The summed E-state index contributed by atoms with van der Waals surface area (Å²) in [5.41, 5.74) is 2.44. The van der Waals surface area contributed by atoms with Crippen LogP contribution in [0.25, 0.3) is 0 Å². The van der Waals surface area contributed by atoms with E-state index in [1.807, 2.05) is 12.1 Å². The highest BCUT2D eigenvalue weighted by Gasteiger charge is 2.12. The molecule has 0 bridgehead atoms. The van der Waals surface area contributed by atoms with Crippen LogP contribution in [0.1, 0.15) is 52.0 Å². The normalized spacial score (nSPS) is 11.0. The van der Waals surface area contributed by atoms with Gasteiger partial charge in [0.05, 0.1) is 7.11 Å². The second-order valence-electron chi connectivity index (χ2n) is 6.60. The number of unbranched alkanes of at least 4 members (excludes halogenated alkanes) is 2. The number of benzene rings is 1. The summed E-state index contributed by atoms with van der Waals surface area (Å²) in [6.45, 7) is 7.39. The lowest BCUT2D eigenvalue weighted by Crippen LogP contribution is -2.29. The molecule has 1 rings (SSSR count). The number of nitrogens with one attached hydrogen (secondary N) is 2. The minimum Gasteiger partial charge on any atom is -0.469 e. The SMILES string of the molecule is COC(=O)CCCCCNC(=S)Nc1ccc(C(C)(C)C)cc1. The molecule has 0 aromatic heterocycles. The molecule has 23 heavy (non-hydrogen) atoms. The highest BCUT2D eigenvalue weighted by Crippen LogP contribution is 2.23. The van der Waals surface area contributed by atoms with Crippen molar-refractivity contribution in [1.82, 2.24) is 5.32 Å². The lowest BCUT2D eigenvalue weighted by Gasteiger charge is -2.19. The predicted octanol–water partition coefficient (Wildman–Crippen LogP) is 4.00. The van der Waals surface area contributed by atoms with Gasteiger partial charge in [0.1, 0.15) is 0 Å². The number of hydrogen-bond donors (Lipinski definition) is 2. The molecule has 0 aliphatic carbocycles. The fourth-order valence-corrected chi connectivity index (χ4v) is 2.32. The van der Waals surface area contributed by atoms with E-state index in [4.69, 9.17) is 12.2 Å². The summed E-state index contributed by atoms with van der Waals surface area (Å²) in [5.74, 6) is -0.145. The van der Waals surface area contributed by atoms with Gasteiger partial charge in [-0.3, -0.25) is 4.79 Å². The van der Waals surface area contributed by atoms with E-state index >= 15 is 0 Å². The van der Waals surface area contributed by atoms with Crippen molar-refractivity contribution < 1.29 is 9.53 Å². The van der Waals surface area contributed by atoms with Crippen molar-refractivity contribution in [2.24, 2.45) is 0 Å². The minimum atomic E-state index is -0.145. The number of hydrogen-bond acceptors (Lipinski definition) is 3. The zero-order valence-electron chi connectivity index (χ0n) is 14.6. The largest absolute Gasteiger partial charge is 0.469 e. The van der Waals surface area contributed by atoms with Crippen LogP contribution in [0.15, 0.2) is 24.3 Å². The molecule has 0 saturated heterocycles. The van der Waals surface area contributed by atoms with E-state index in [0.717, 1.165) is 31.5 Å². The van der Waals surface area contributed by atoms with E-state index in [0.29, 0.717) is 11.5 Å². The van der Waals surface area contributed by atoms with Crippen molar-refractivity contribution in [2.45, 2.75) is 51.9 Å². The first-order chi connectivity index (χ1) is 10.8. The molecule has 1 aromatic carbocycles. The Labute approximate surface area is 145 Å². The molecule has 1 aromatic rings. The number of methoxy groups -OCH3 is 1. The molecular weight excluding hydrogens is 308 g/mol. The maximum atomic E-state index is 11.0. The molecule has 0 spiro atoms. The van der Waals surface area contributed by atoms with Gasteiger partial charge in [-0.25, -0.2) is 0 Å². The number of ether oxygens (including phenoxy) is 1. The third kappa shape index (κ3) is 7.98. The van der Waals surface area contributed by atoms with Gasteiger partial charge >= 0.3 is 5.97 Å². The Kier molecular flexibility index (Phi) is 8.03. The Bertz CT molecular complexity index is 507. The monoisotopic (exact) mass is 336 g/mol. The van der Waals surface area contributed by atoms with Crippen LogP contribution >= 0.6 is 12.2 Å². The first-order valence-corrected chi connectivity index (χ1v) is 8.46. The van der Waals surface area contributed by atoms with Gasteiger partial charge in [-0.2, -0.15) is 0 Å². The fraction of sp³-hybridized carbons (Fsp3) is 0.556. The maximum absolute atomic E-state index is 11.0. The average Bonchev–Trinajstić information content (AvgIpc) is 2.50. The summed E-state index contributed by atoms with van der Waals surface area (Å²) in [4.78, 5) is 11.0. The van der Waals surface area contributed by atoms with Crippen LogP contribution in [-0.2, 0) is 14.9 Å². The number of carbonyl (C=O) groups excluding carboxylic acids is 1. The van der Waals surface area contributed by atoms with Gasteiger partial charge in [-0.05, 0) is 48.2 Å². The summed E-state index contributed by atoms with van der Waals surface area (Å²) in [7, 11) is 1.42. The summed E-state index contributed by atoms with van der Waals surface area (Å²) >= 11 is 5.28. The van der Waals surface area contributed by atoms with Crippen LogP contribution < -0.4 is 10.6 Å². The highest BCUT2D eigenvalue weighted by molar-refractivity contribution is 7.80. The molecule has 128 valence electrons. The van der Waals surface area contributed by atoms with Crippen LogP contribution in [0.2, 0.25) is 0 Å². The lowest BCUT2D eigenvalue weighted by atomic mass is 9.87. The molecular formula is C18H28N2O2S. The van der Waals surface area contributed by atoms with Crippen molar-refractivity contribution in [3.8, 4) is 0 Å². The van der Waals surface area contributed by atoms with Crippen molar-refractivity contribution in [1.29, 1.82) is 0 Å². The second kappa shape index (κ2) is 9.50. The van der Waals surface area contributed by atoms with Gasteiger partial charge in [0, 0.05) is 18.7 Å². The Morgan fingerprint density at radius 1 is 1.13 bits per heavy atom. The van der Waals surface area contributed by atoms with Gasteiger partial charge in [-0.15, -0.1) is 0 Å². The first-order valence-electron chi connectivity index (χ1n) is 8.05. The van der Waals surface area contributed by atoms with E-state index in [1.165, 1.54) is 12.7 Å². The molecule has 0 atom stereocenters. The first kappa shape index (κ1) is 19.4. The second-order valence-corrected chi connectivity index (χ2v) is 7.00. The van der Waals surface area contributed by atoms with Gasteiger partial charge in [0.25, 0.3) is 0 Å². The summed E-state index contributed by atoms with van der Waals surface area (Å²) in [6, 6.07) is 8.34. The summed E-state index contributed by atoms with van der Waals surface area (Å²) in [6.07, 6.45) is 3.29. The van der Waals surface area contributed by atoms with E-state index in [2.05, 4.69) is 48.3 Å². The van der Waals surface area contributed by atoms with Gasteiger partial charge in [0.15, 0.2) is 5.11 Å².